The van der Waals surface area contributed by atoms with Crippen molar-refractivity contribution in [1.29, 1.82) is 0 Å². The molecular formula is C32H37F5N6O2S2. The fourth-order valence-corrected chi connectivity index (χ4v) is 6.32. The van der Waals surface area contributed by atoms with E-state index in [2.05, 4.69) is 25.6 Å². The molecule has 0 saturated carbocycles. The van der Waals surface area contributed by atoms with E-state index in [9.17, 15) is 31.5 Å². The van der Waals surface area contributed by atoms with Crippen LogP contribution < -0.4 is 16.4 Å². The molecule has 4 N–H and O–H groups in total. The fraction of sp³-hybridized carbons (Fsp3) is 0.406. The number of aliphatic imine (C=N–C) groups is 1. The first-order valence-corrected chi connectivity index (χ1v) is 16.8. The summed E-state index contributed by atoms with van der Waals surface area (Å²) < 4.78 is 70.2. The summed E-state index contributed by atoms with van der Waals surface area (Å²) in [6.07, 6.45) is 1.30. The maximum atomic E-state index is 14.5. The number of carbonyl (C=O) groups excluding carboxylic acids is 2. The second kappa shape index (κ2) is 16.4. The van der Waals surface area contributed by atoms with Crippen molar-refractivity contribution < 1.29 is 31.5 Å². The van der Waals surface area contributed by atoms with Gasteiger partial charge in [-0.3, -0.25) is 9.59 Å². The third kappa shape index (κ3) is 10.6. The molecule has 0 spiro atoms. The molecule has 0 saturated heterocycles. The molecule has 0 aliphatic rings. The number of thioether (sulfide) groups is 2. The lowest BCUT2D eigenvalue weighted by Crippen LogP contribution is -2.20. The van der Waals surface area contributed by atoms with E-state index in [1.54, 1.807) is 6.92 Å². The maximum absolute atomic E-state index is 14.5. The number of carbonyl (C=O) groups is 2. The van der Waals surface area contributed by atoms with Crippen molar-refractivity contribution in [2.45, 2.75) is 75.5 Å². The van der Waals surface area contributed by atoms with Crippen LogP contribution in [0.2, 0.25) is 0 Å². The van der Waals surface area contributed by atoms with Crippen LogP contribution >= 0.6 is 23.5 Å². The summed E-state index contributed by atoms with van der Waals surface area (Å²) in [4.78, 5) is 39.3. The number of anilines is 2. The topological polar surface area (TPSA) is 122 Å². The van der Waals surface area contributed by atoms with E-state index in [0.29, 0.717) is 51.7 Å². The van der Waals surface area contributed by atoms with Gasteiger partial charge in [0.05, 0.1) is 11.4 Å². The van der Waals surface area contributed by atoms with E-state index in [4.69, 9.17) is 5.73 Å². The first-order valence-electron chi connectivity index (χ1n) is 14.8. The van der Waals surface area contributed by atoms with Gasteiger partial charge in [-0.1, -0.05) is 13.8 Å². The molecule has 0 unspecified atom stereocenters. The minimum atomic E-state index is -3.22. The Morgan fingerprint density at radius 3 is 1.85 bits per heavy atom. The molecule has 0 atom stereocenters. The maximum Gasteiger partial charge on any atom is 0.275 e. The molecule has 0 radical (unpaired) electrons. The van der Waals surface area contributed by atoms with Crippen LogP contribution in [0.1, 0.15) is 83.8 Å². The standard InChI is InChI=1S/C32H37F5N6O2S2/c1-6-46-26-18(3)12-20(31(4,34)35)14-22(26)42-28(44)24-16-25(41-17-40-24)29(45)43-23-15-21(32(5,36)37)13-19(27(23)47-7-2)10-8-9-11-39-30(33)38/h12-17H,6-11H2,1-5H3,(H2,38,39)(H,42,44)(H,43,45). The summed E-state index contributed by atoms with van der Waals surface area (Å²) in [6, 6.07) is 6.31. The van der Waals surface area contributed by atoms with Crippen LogP contribution in [-0.4, -0.2) is 45.9 Å². The molecular weight excluding hydrogens is 660 g/mol. The van der Waals surface area contributed by atoms with E-state index in [1.807, 2.05) is 13.8 Å². The van der Waals surface area contributed by atoms with Gasteiger partial charge in [0.1, 0.15) is 17.7 Å². The molecule has 0 aliphatic heterocycles. The largest absolute Gasteiger partial charge is 0.360 e. The van der Waals surface area contributed by atoms with Gasteiger partial charge in [-0.25, -0.2) is 32.5 Å². The smallest absolute Gasteiger partial charge is 0.275 e. The third-order valence-electron chi connectivity index (χ3n) is 6.78. The van der Waals surface area contributed by atoms with Crippen LogP contribution in [-0.2, 0) is 18.3 Å². The van der Waals surface area contributed by atoms with Gasteiger partial charge in [-0.2, -0.15) is 4.39 Å². The van der Waals surface area contributed by atoms with Crippen molar-refractivity contribution in [1.82, 2.24) is 9.97 Å². The molecule has 3 rings (SSSR count). The zero-order chi connectivity index (χ0) is 34.9. The number of benzene rings is 2. The molecule has 2 aromatic carbocycles. The van der Waals surface area contributed by atoms with Crippen molar-refractivity contribution in [2.24, 2.45) is 10.7 Å². The van der Waals surface area contributed by atoms with Gasteiger partial charge in [0.2, 0.25) is 0 Å². The van der Waals surface area contributed by atoms with E-state index in [1.165, 1.54) is 47.8 Å². The number of aryl methyl sites for hydroxylation is 2. The number of amidine groups is 1. The summed E-state index contributed by atoms with van der Waals surface area (Å²) in [7, 11) is 0. The predicted molar refractivity (Wildman–Crippen MR) is 178 cm³/mol. The minimum absolute atomic E-state index is 0.139. The quantitative estimate of drug-likeness (QED) is 0.0365. The number of aromatic nitrogens is 2. The highest BCUT2D eigenvalue weighted by Gasteiger charge is 2.29. The van der Waals surface area contributed by atoms with Gasteiger partial charge in [-0.15, -0.1) is 23.5 Å². The zero-order valence-electron chi connectivity index (χ0n) is 26.6. The van der Waals surface area contributed by atoms with Crippen molar-refractivity contribution in [3.05, 3.63) is 70.3 Å². The Kier molecular flexibility index (Phi) is 13.2. The van der Waals surface area contributed by atoms with Crippen LogP contribution in [0.3, 0.4) is 0 Å². The lowest BCUT2D eigenvalue weighted by molar-refractivity contribution is 0.0167. The highest BCUT2D eigenvalue weighted by Crippen LogP contribution is 2.39. The van der Waals surface area contributed by atoms with Crippen LogP contribution in [0.25, 0.3) is 0 Å². The van der Waals surface area contributed by atoms with Crippen molar-refractivity contribution in [3.8, 4) is 0 Å². The van der Waals surface area contributed by atoms with E-state index in [-0.39, 0.29) is 40.4 Å². The molecule has 3 aromatic rings. The summed E-state index contributed by atoms with van der Waals surface area (Å²) in [5, 5.41) is 5.30. The Morgan fingerprint density at radius 2 is 1.34 bits per heavy atom. The first-order chi connectivity index (χ1) is 22.0. The molecule has 2 amide bonds. The molecule has 1 heterocycles. The van der Waals surface area contributed by atoms with Crippen LogP contribution in [0.4, 0.5) is 33.3 Å². The third-order valence-corrected chi connectivity index (χ3v) is 8.96. The molecule has 15 heteroatoms. The number of nitrogens with one attached hydrogen (secondary N) is 2. The predicted octanol–water partition coefficient (Wildman–Crippen LogP) is 8.34. The normalized spacial score (nSPS) is 12.3. The second-order valence-electron chi connectivity index (χ2n) is 10.7. The average molecular weight is 697 g/mol. The molecule has 0 aliphatic carbocycles. The Labute approximate surface area is 279 Å². The summed E-state index contributed by atoms with van der Waals surface area (Å²) >= 11 is 2.73. The number of halogens is 5. The monoisotopic (exact) mass is 696 g/mol. The van der Waals surface area contributed by atoms with Crippen LogP contribution in [0, 0.1) is 6.92 Å². The van der Waals surface area contributed by atoms with Crippen molar-refractivity contribution >= 4 is 52.8 Å². The number of alkyl halides is 4. The Hall–Kier alpha value is -3.72. The number of hydrogen-bond acceptors (Lipinski definition) is 7. The van der Waals surface area contributed by atoms with Gasteiger partial charge in [0, 0.05) is 47.4 Å². The van der Waals surface area contributed by atoms with Crippen LogP contribution in [0.5, 0.6) is 0 Å². The highest BCUT2D eigenvalue weighted by atomic mass is 32.2. The fourth-order valence-electron chi connectivity index (χ4n) is 4.58. The number of unbranched alkanes of at least 4 members (excludes halogenated alkanes) is 1. The highest BCUT2D eigenvalue weighted by molar-refractivity contribution is 7.99. The molecule has 254 valence electrons. The Morgan fingerprint density at radius 1 is 0.830 bits per heavy atom. The second-order valence-corrected chi connectivity index (χ2v) is 13.2. The van der Waals surface area contributed by atoms with Gasteiger partial charge < -0.3 is 16.4 Å². The number of rotatable bonds is 15. The van der Waals surface area contributed by atoms with E-state index >= 15 is 0 Å². The van der Waals surface area contributed by atoms with Gasteiger partial charge in [0.15, 0.2) is 0 Å². The Bertz CT molecular complexity index is 1620. The molecule has 1 aromatic heterocycles. The molecule has 47 heavy (non-hydrogen) atoms. The van der Waals surface area contributed by atoms with Gasteiger partial charge >= 0.3 is 0 Å². The average Bonchev–Trinajstić information content (AvgIpc) is 2.98. The summed E-state index contributed by atoms with van der Waals surface area (Å²) in [6.45, 7) is 7.10. The van der Waals surface area contributed by atoms with Crippen LogP contribution in [0.15, 0.2) is 51.4 Å². The van der Waals surface area contributed by atoms with Crippen molar-refractivity contribution in [3.63, 3.8) is 0 Å². The Balaban J connectivity index is 1.92. The van der Waals surface area contributed by atoms with Gasteiger partial charge in [-0.05, 0) is 73.1 Å². The lowest BCUT2D eigenvalue weighted by atomic mass is 10.0. The number of hydrogen-bond donors (Lipinski definition) is 3. The summed E-state index contributed by atoms with van der Waals surface area (Å²) in [5.74, 6) is -6.71. The number of nitrogens with two attached hydrogens (primary N) is 1. The SMILES string of the molecule is CCSc1c(C)cc(C(C)(F)F)cc1NC(=O)c1cc(C(=O)Nc2cc(C(C)(F)F)cc(CCCCN=C(N)F)c2SCC)ncn1. The number of amides is 2. The first kappa shape index (κ1) is 37.7. The molecule has 0 fully saturated rings. The summed E-state index contributed by atoms with van der Waals surface area (Å²) in [5.41, 5.74) is 5.37. The van der Waals surface area contributed by atoms with E-state index < -0.39 is 29.7 Å². The minimum Gasteiger partial charge on any atom is -0.360 e. The number of nitrogens with zero attached hydrogens (tertiary/aromatic N) is 3. The van der Waals surface area contributed by atoms with Gasteiger partial charge in [0.25, 0.3) is 29.7 Å². The zero-order valence-corrected chi connectivity index (χ0v) is 28.3. The lowest BCUT2D eigenvalue weighted by Gasteiger charge is -2.20. The molecule has 0 bridgehead atoms. The van der Waals surface area contributed by atoms with E-state index in [0.717, 1.165) is 26.2 Å². The molecule has 8 nitrogen and oxygen atoms in total. The van der Waals surface area contributed by atoms with Crippen molar-refractivity contribution in [2.75, 3.05) is 28.7 Å².